The third-order valence-electron chi connectivity index (χ3n) is 2.84. The van der Waals surface area contributed by atoms with Crippen molar-refractivity contribution in [3.05, 3.63) is 24.0 Å². The van der Waals surface area contributed by atoms with Crippen molar-refractivity contribution < 1.29 is 8.42 Å². The molecular weight excluding hydrogens is 224 g/mol. The zero-order valence-corrected chi connectivity index (χ0v) is 10.1. The van der Waals surface area contributed by atoms with Gasteiger partial charge in [0.15, 0.2) is 0 Å². The fraction of sp³-hybridized carbons (Fsp3) is 0.545. The van der Waals surface area contributed by atoms with Crippen molar-refractivity contribution in [3.63, 3.8) is 0 Å². The fourth-order valence-corrected chi connectivity index (χ4v) is 3.31. The summed E-state index contributed by atoms with van der Waals surface area (Å²) in [5.74, 6) is 0.591. The summed E-state index contributed by atoms with van der Waals surface area (Å²) >= 11 is 0. The molecule has 16 heavy (non-hydrogen) atoms. The molecule has 0 aliphatic carbocycles. The predicted molar refractivity (Wildman–Crippen MR) is 64.3 cm³/mol. The molecule has 0 atom stereocenters. The lowest BCUT2D eigenvalue weighted by Crippen LogP contribution is -2.32. The van der Waals surface area contributed by atoms with Gasteiger partial charge in [0.05, 0.1) is 23.4 Å². The SMILES string of the molecule is Cc1ccc(NC2CCS(=O)(=O)CC2)cn1. The van der Waals surface area contributed by atoms with Crippen LogP contribution < -0.4 is 5.32 Å². The number of aryl methyl sites for hydroxylation is 1. The zero-order valence-electron chi connectivity index (χ0n) is 9.31. The van der Waals surface area contributed by atoms with E-state index in [4.69, 9.17) is 0 Å². The Morgan fingerprint density at radius 1 is 1.31 bits per heavy atom. The highest BCUT2D eigenvalue weighted by Crippen LogP contribution is 2.17. The molecular formula is C11H16N2O2S. The third kappa shape index (κ3) is 2.95. The van der Waals surface area contributed by atoms with Crippen molar-refractivity contribution in [1.82, 2.24) is 4.98 Å². The molecule has 2 heterocycles. The van der Waals surface area contributed by atoms with E-state index in [2.05, 4.69) is 10.3 Å². The van der Waals surface area contributed by atoms with Crippen molar-refractivity contribution >= 4 is 15.5 Å². The number of nitrogens with one attached hydrogen (secondary N) is 1. The van der Waals surface area contributed by atoms with Gasteiger partial charge in [-0.05, 0) is 31.9 Å². The molecule has 1 fully saturated rings. The van der Waals surface area contributed by atoms with Crippen LogP contribution in [-0.2, 0) is 9.84 Å². The lowest BCUT2D eigenvalue weighted by Gasteiger charge is -2.23. The van der Waals surface area contributed by atoms with Crippen LogP contribution in [0, 0.1) is 6.92 Å². The summed E-state index contributed by atoms with van der Waals surface area (Å²) in [6.07, 6.45) is 3.17. The Morgan fingerprint density at radius 2 is 2.00 bits per heavy atom. The van der Waals surface area contributed by atoms with Gasteiger partial charge in [0.25, 0.3) is 0 Å². The number of pyridine rings is 1. The van der Waals surface area contributed by atoms with Gasteiger partial charge in [-0.25, -0.2) is 8.42 Å². The monoisotopic (exact) mass is 240 g/mol. The molecule has 1 aliphatic heterocycles. The molecule has 1 aromatic rings. The van der Waals surface area contributed by atoms with E-state index < -0.39 is 9.84 Å². The van der Waals surface area contributed by atoms with Crippen molar-refractivity contribution in [2.75, 3.05) is 16.8 Å². The number of hydrogen-bond donors (Lipinski definition) is 1. The second kappa shape index (κ2) is 4.41. The summed E-state index contributed by atoms with van der Waals surface area (Å²) in [5.41, 5.74) is 1.95. The number of nitrogens with zero attached hydrogens (tertiary/aromatic N) is 1. The second-order valence-corrected chi connectivity index (χ2v) is 6.56. The van der Waals surface area contributed by atoms with Crippen LogP contribution in [0.3, 0.4) is 0 Å². The van der Waals surface area contributed by atoms with Crippen molar-refractivity contribution in [2.24, 2.45) is 0 Å². The molecule has 0 unspecified atom stereocenters. The normalized spacial score (nSPS) is 20.6. The standard InChI is InChI=1S/C11H16N2O2S/c1-9-2-3-11(8-12-9)13-10-4-6-16(14,15)7-5-10/h2-3,8,10,13H,4-7H2,1H3. The first-order valence-electron chi connectivity index (χ1n) is 5.45. The molecule has 1 aliphatic rings. The quantitative estimate of drug-likeness (QED) is 0.848. The Bertz CT molecular complexity index is 439. The molecule has 0 saturated carbocycles. The summed E-state index contributed by atoms with van der Waals surface area (Å²) in [4.78, 5) is 4.19. The average Bonchev–Trinajstić information content (AvgIpc) is 2.24. The van der Waals surface area contributed by atoms with E-state index in [1.165, 1.54) is 0 Å². The molecule has 88 valence electrons. The number of hydrogen-bond acceptors (Lipinski definition) is 4. The van der Waals surface area contributed by atoms with Crippen LogP contribution >= 0.6 is 0 Å². The van der Waals surface area contributed by atoms with Gasteiger partial charge in [0, 0.05) is 11.7 Å². The molecule has 1 saturated heterocycles. The van der Waals surface area contributed by atoms with E-state index in [0.29, 0.717) is 24.3 Å². The van der Waals surface area contributed by atoms with Crippen LogP contribution in [-0.4, -0.2) is 30.9 Å². The fourth-order valence-electron chi connectivity index (χ4n) is 1.82. The Balaban J connectivity index is 1.94. The molecule has 5 heteroatoms. The first-order valence-corrected chi connectivity index (χ1v) is 7.27. The van der Waals surface area contributed by atoms with Crippen LogP contribution in [0.1, 0.15) is 18.5 Å². The largest absolute Gasteiger partial charge is 0.381 e. The summed E-state index contributed by atoms with van der Waals surface area (Å²) < 4.78 is 22.5. The molecule has 1 N–H and O–H groups in total. The van der Waals surface area contributed by atoms with Crippen LogP contribution in [0.5, 0.6) is 0 Å². The van der Waals surface area contributed by atoms with Crippen molar-refractivity contribution in [3.8, 4) is 0 Å². The third-order valence-corrected chi connectivity index (χ3v) is 4.55. The molecule has 0 radical (unpaired) electrons. The van der Waals surface area contributed by atoms with E-state index in [0.717, 1.165) is 11.4 Å². The predicted octanol–water partition coefficient (Wildman–Crippen LogP) is 1.38. The molecule has 0 spiro atoms. The minimum atomic E-state index is -2.77. The highest BCUT2D eigenvalue weighted by Gasteiger charge is 2.23. The van der Waals surface area contributed by atoms with Crippen molar-refractivity contribution in [2.45, 2.75) is 25.8 Å². The summed E-state index contributed by atoms with van der Waals surface area (Å²) in [7, 11) is -2.77. The van der Waals surface area contributed by atoms with E-state index in [-0.39, 0.29) is 6.04 Å². The van der Waals surface area contributed by atoms with E-state index in [1.54, 1.807) is 6.20 Å². The highest BCUT2D eigenvalue weighted by atomic mass is 32.2. The van der Waals surface area contributed by atoms with Gasteiger partial charge >= 0.3 is 0 Å². The van der Waals surface area contributed by atoms with Gasteiger partial charge in [0.1, 0.15) is 9.84 Å². The summed E-state index contributed by atoms with van der Waals surface area (Å²) in [5, 5.41) is 3.32. The zero-order chi connectivity index (χ0) is 11.6. The maximum atomic E-state index is 11.3. The summed E-state index contributed by atoms with van der Waals surface area (Å²) in [6, 6.07) is 4.18. The molecule has 1 aromatic heterocycles. The topological polar surface area (TPSA) is 59.1 Å². The Hall–Kier alpha value is -1.10. The lowest BCUT2D eigenvalue weighted by molar-refractivity contribution is 0.559. The van der Waals surface area contributed by atoms with Gasteiger partial charge in [-0.15, -0.1) is 0 Å². The molecule has 2 rings (SSSR count). The number of aromatic nitrogens is 1. The van der Waals surface area contributed by atoms with Crippen molar-refractivity contribution in [1.29, 1.82) is 0 Å². The first-order chi connectivity index (χ1) is 7.55. The molecule has 0 bridgehead atoms. The second-order valence-electron chi connectivity index (χ2n) is 4.26. The van der Waals surface area contributed by atoms with Gasteiger partial charge in [0.2, 0.25) is 0 Å². The summed E-state index contributed by atoms with van der Waals surface area (Å²) in [6.45, 7) is 1.94. The highest BCUT2D eigenvalue weighted by molar-refractivity contribution is 7.91. The number of anilines is 1. The first kappa shape index (κ1) is 11.4. The maximum Gasteiger partial charge on any atom is 0.150 e. The molecule has 4 nitrogen and oxygen atoms in total. The van der Waals surface area contributed by atoms with E-state index in [9.17, 15) is 8.42 Å². The van der Waals surface area contributed by atoms with E-state index in [1.807, 2.05) is 19.1 Å². The van der Waals surface area contributed by atoms with Gasteiger partial charge in [-0.3, -0.25) is 4.98 Å². The smallest absolute Gasteiger partial charge is 0.150 e. The van der Waals surface area contributed by atoms with E-state index >= 15 is 0 Å². The average molecular weight is 240 g/mol. The lowest BCUT2D eigenvalue weighted by atomic mass is 10.1. The van der Waals surface area contributed by atoms with Crippen LogP contribution in [0.15, 0.2) is 18.3 Å². The van der Waals surface area contributed by atoms with Gasteiger partial charge in [-0.1, -0.05) is 0 Å². The number of rotatable bonds is 2. The van der Waals surface area contributed by atoms with Gasteiger partial charge < -0.3 is 5.32 Å². The number of sulfone groups is 1. The molecule has 0 aromatic carbocycles. The van der Waals surface area contributed by atoms with Crippen LogP contribution in [0.4, 0.5) is 5.69 Å². The Morgan fingerprint density at radius 3 is 2.56 bits per heavy atom. The Kier molecular flexibility index (Phi) is 3.14. The minimum absolute atomic E-state index is 0.257. The minimum Gasteiger partial charge on any atom is -0.381 e. The van der Waals surface area contributed by atoms with Gasteiger partial charge in [-0.2, -0.15) is 0 Å². The maximum absolute atomic E-state index is 11.3. The van der Waals surface area contributed by atoms with Crippen LogP contribution in [0.25, 0.3) is 0 Å². The molecule has 0 amide bonds. The Labute approximate surface area is 96.0 Å². The van der Waals surface area contributed by atoms with Crippen LogP contribution in [0.2, 0.25) is 0 Å².